The molecule has 7 heteroatoms. The fourth-order valence-corrected chi connectivity index (χ4v) is 4.53. The standard InChI is InChI=1S/C20H28ClN3O3/c1-20(2)13-24(6-8-27-20)19(25)23-5-3-14-9-15(21)10-16(17(14)11-23)18-12-26-7-4-22-18/h9-10,18,22H,3-8,11-13H2,1-2H3. The number of carbonyl (C=O) groups is 1. The highest BCUT2D eigenvalue weighted by atomic mass is 35.5. The molecule has 0 saturated carbocycles. The maximum atomic E-state index is 13.1. The highest BCUT2D eigenvalue weighted by Gasteiger charge is 2.34. The molecule has 0 aliphatic carbocycles. The van der Waals surface area contributed by atoms with Crippen LogP contribution in [0.3, 0.4) is 0 Å². The van der Waals surface area contributed by atoms with Gasteiger partial charge < -0.3 is 24.6 Å². The first-order chi connectivity index (χ1) is 12.9. The Hall–Kier alpha value is -1.34. The molecule has 2 saturated heterocycles. The Morgan fingerprint density at radius 3 is 2.85 bits per heavy atom. The molecule has 1 aromatic rings. The predicted octanol–water partition coefficient (Wildman–Crippen LogP) is 2.59. The second kappa shape index (κ2) is 7.59. The van der Waals surface area contributed by atoms with Gasteiger partial charge in [0.2, 0.25) is 0 Å². The van der Waals surface area contributed by atoms with Crippen LogP contribution in [0.5, 0.6) is 0 Å². The minimum Gasteiger partial charge on any atom is -0.378 e. The van der Waals surface area contributed by atoms with Gasteiger partial charge in [0.05, 0.1) is 38.0 Å². The molecule has 1 unspecified atom stereocenters. The summed E-state index contributed by atoms with van der Waals surface area (Å²) in [6.07, 6.45) is 0.829. The van der Waals surface area contributed by atoms with Gasteiger partial charge in [0.25, 0.3) is 0 Å². The van der Waals surface area contributed by atoms with Gasteiger partial charge in [-0.05, 0) is 49.1 Å². The van der Waals surface area contributed by atoms with Crippen molar-refractivity contribution in [3.05, 3.63) is 33.8 Å². The summed E-state index contributed by atoms with van der Waals surface area (Å²) in [5, 5.41) is 4.27. The Morgan fingerprint density at radius 2 is 2.11 bits per heavy atom. The first-order valence-electron chi connectivity index (χ1n) is 9.73. The summed E-state index contributed by atoms with van der Waals surface area (Å²) in [5.74, 6) is 0. The van der Waals surface area contributed by atoms with Gasteiger partial charge in [-0.2, -0.15) is 0 Å². The molecule has 27 heavy (non-hydrogen) atoms. The summed E-state index contributed by atoms with van der Waals surface area (Å²) < 4.78 is 11.4. The average Bonchev–Trinajstić information content (AvgIpc) is 2.66. The van der Waals surface area contributed by atoms with Crippen molar-refractivity contribution in [2.75, 3.05) is 46.0 Å². The first-order valence-corrected chi connectivity index (χ1v) is 10.1. The average molecular weight is 394 g/mol. The highest BCUT2D eigenvalue weighted by molar-refractivity contribution is 6.30. The van der Waals surface area contributed by atoms with Gasteiger partial charge in [-0.1, -0.05) is 11.6 Å². The van der Waals surface area contributed by atoms with Crippen LogP contribution in [0.25, 0.3) is 0 Å². The van der Waals surface area contributed by atoms with E-state index < -0.39 is 0 Å². The number of fused-ring (bicyclic) bond motifs is 1. The van der Waals surface area contributed by atoms with Crippen molar-refractivity contribution in [1.82, 2.24) is 15.1 Å². The second-order valence-corrected chi connectivity index (χ2v) is 8.63. The third kappa shape index (κ3) is 4.09. The Bertz CT molecular complexity index is 719. The molecule has 0 spiro atoms. The fourth-order valence-electron chi connectivity index (χ4n) is 4.28. The van der Waals surface area contributed by atoms with E-state index in [4.69, 9.17) is 21.1 Å². The zero-order valence-corrected chi connectivity index (χ0v) is 16.8. The normalized spacial score (nSPS) is 25.2. The summed E-state index contributed by atoms with van der Waals surface area (Å²) in [6, 6.07) is 4.30. The van der Waals surface area contributed by atoms with E-state index in [2.05, 4.69) is 5.32 Å². The third-order valence-electron chi connectivity index (χ3n) is 5.61. The lowest BCUT2D eigenvalue weighted by Gasteiger charge is -2.41. The Balaban J connectivity index is 1.56. The number of hydrogen-bond acceptors (Lipinski definition) is 4. The van der Waals surface area contributed by atoms with Crippen LogP contribution in [-0.4, -0.2) is 67.4 Å². The van der Waals surface area contributed by atoms with Crippen molar-refractivity contribution in [2.45, 2.75) is 38.5 Å². The van der Waals surface area contributed by atoms with Crippen molar-refractivity contribution in [3.8, 4) is 0 Å². The summed E-state index contributed by atoms with van der Waals surface area (Å²) >= 11 is 6.38. The van der Waals surface area contributed by atoms with Crippen LogP contribution in [0.4, 0.5) is 4.79 Å². The SMILES string of the molecule is CC1(C)CN(C(=O)N2CCc3cc(Cl)cc(C4COCCN4)c3C2)CCO1. The van der Waals surface area contributed by atoms with Gasteiger partial charge in [-0.3, -0.25) is 0 Å². The van der Waals surface area contributed by atoms with Crippen LogP contribution in [-0.2, 0) is 22.4 Å². The number of carbonyl (C=O) groups excluding carboxylic acids is 1. The molecule has 3 aliphatic heterocycles. The predicted molar refractivity (Wildman–Crippen MR) is 104 cm³/mol. The molecular formula is C20H28ClN3O3. The molecule has 3 heterocycles. The molecule has 0 radical (unpaired) electrons. The Kier molecular flexibility index (Phi) is 5.34. The van der Waals surface area contributed by atoms with E-state index in [-0.39, 0.29) is 17.7 Å². The fraction of sp³-hybridized carbons (Fsp3) is 0.650. The molecule has 2 amide bonds. The number of hydrogen-bond donors (Lipinski definition) is 1. The zero-order chi connectivity index (χ0) is 19.0. The lowest BCUT2D eigenvalue weighted by atomic mass is 9.91. The van der Waals surface area contributed by atoms with Crippen molar-refractivity contribution in [3.63, 3.8) is 0 Å². The zero-order valence-electron chi connectivity index (χ0n) is 16.1. The van der Waals surface area contributed by atoms with E-state index in [0.29, 0.717) is 32.8 Å². The van der Waals surface area contributed by atoms with Crippen LogP contribution in [0.2, 0.25) is 5.02 Å². The first kappa shape index (κ1) is 19.0. The van der Waals surface area contributed by atoms with Crippen molar-refractivity contribution >= 4 is 17.6 Å². The van der Waals surface area contributed by atoms with Gasteiger partial charge in [0, 0.05) is 31.2 Å². The second-order valence-electron chi connectivity index (χ2n) is 8.20. The van der Waals surface area contributed by atoms with Crippen LogP contribution in [0.1, 0.15) is 36.6 Å². The van der Waals surface area contributed by atoms with Crippen LogP contribution in [0.15, 0.2) is 12.1 Å². The van der Waals surface area contributed by atoms with Gasteiger partial charge in [0.15, 0.2) is 0 Å². The van der Waals surface area contributed by atoms with E-state index in [1.807, 2.05) is 35.8 Å². The van der Waals surface area contributed by atoms with Crippen molar-refractivity contribution in [2.24, 2.45) is 0 Å². The molecular weight excluding hydrogens is 366 g/mol. The molecule has 3 aliphatic rings. The summed E-state index contributed by atoms with van der Waals surface area (Å²) in [6.45, 7) is 9.48. The largest absolute Gasteiger partial charge is 0.378 e. The van der Waals surface area contributed by atoms with Crippen molar-refractivity contribution < 1.29 is 14.3 Å². The minimum atomic E-state index is -0.288. The van der Waals surface area contributed by atoms with Gasteiger partial charge >= 0.3 is 6.03 Å². The number of ether oxygens (including phenoxy) is 2. The number of morpholine rings is 2. The van der Waals surface area contributed by atoms with E-state index in [0.717, 1.165) is 36.7 Å². The molecule has 148 valence electrons. The molecule has 1 aromatic carbocycles. The lowest BCUT2D eigenvalue weighted by Crippen LogP contribution is -2.55. The molecule has 0 bridgehead atoms. The van der Waals surface area contributed by atoms with E-state index in [9.17, 15) is 4.79 Å². The van der Waals surface area contributed by atoms with Gasteiger partial charge in [-0.15, -0.1) is 0 Å². The molecule has 1 atom stereocenters. The molecule has 0 aromatic heterocycles. The van der Waals surface area contributed by atoms with Crippen molar-refractivity contribution in [1.29, 1.82) is 0 Å². The highest BCUT2D eigenvalue weighted by Crippen LogP contribution is 2.32. The Morgan fingerprint density at radius 1 is 1.26 bits per heavy atom. The summed E-state index contributed by atoms with van der Waals surface area (Å²) in [7, 11) is 0. The number of halogens is 1. The number of benzene rings is 1. The van der Waals surface area contributed by atoms with Crippen LogP contribution in [0, 0.1) is 0 Å². The van der Waals surface area contributed by atoms with E-state index in [1.54, 1.807) is 0 Å². The molecule has 2 fully saturated rings. The monoisotopic (exact) mass is 393 g/mol. The number of nitrogens with one attached hydrogen (secondary N) is 1. The number of nitrogens with zero attached hydrogens (tertiary/aromatic N) is 2. The molecule has 6 nitrogen and oxygen atoms in total. The van der Waals surface area contributed by atoms with Gasteiger partial charge in [-0.25, -0.2) is 4.79 Å². The van der Waals surface area contributed by atoms with Crippen LogP contribution < -0.4 is 5.32 Å². The number of urea groups is 1. The van der Waals surface area contributed by atoms with Crippen LogP contribution >= 0.6 is 11.6 Å². The molecule has 1 N–H and O–H groups in total. The van der Waals surface area contributed by atoms with Gasteiger partial charge in [0.1, 0.15) is 0 Å². The maximum Gasteiger partial charge on any atom is 0.320 e. The van der Waals surface area contributed by atoms with E-state index >= 15 is 0 Å². The minimum absolute atomic E-state index is 0.103. The Labute approximate surface area is 165 Å². The third-order valence-corrected chi connectivity index (χ3v) is 5.82. The molecule has 4 rings (SSSR count). The number of amides is 2. The quantitative estimate of drug-likeness (QED) is 0.796. The number of rotatable bonds is 1. The van der Waals surface area contributed by atoms with E-state index in [1.165, 1.54) is 11.1 Å². The maximum absolute atomic E-state index is 13.1. The summed E-state index contributed by atoms with van der Waals surface area (Å²) in [4.78, 5) is 17.0. The topological polar surface area (TPSA) is 54.0 Å². The lowest BCUT2D eigenvalue weighted by molar-refractivity contribution is -0.0767. The summed E-state index contributed by atoms with van der Waals surface area (Å²) in [5.41, 5.74) is 3.34. The smallest absolute Gasteiger partial charge is 0.320 e.